The minimum absolute atomic E-state index is 0.518. The summed E-state index contributed by atoms with van der Waals surface area (Å²) in [6.07, 6.45) is 0. The lowest BCUT2D eigenvalue weighted by molar-refractivity contribution is 0.793. The molecule has 2 nitrogen and oxygen atoms in total. The lowest BCUT2D eigenvalue weighted by Gasteiger charge is -2.33. The fourth-order valence-corrected chi connectivity index (χ4v) is 23.6. The van der Waals surface area contributed by atoms with Crippen molar-refractivity contribution >= 4 is 97.1 Å². The SMILES string of the molecule is c1ccc(-c2ccc(-c3ccc(N(c4ccc(-c5cccc6c5sc5ccccc56)cc4)c4ccc5c(c4)C4(c6ccccc6-c6ccc(-c7ccc(-c8ccccc8N(c8ccc(-c9cccc%10c9sc9ccccc9%10)cc8)c8ccc9c(c8)C8(c%10ccccc%10-c%10ccccc%108)c8ccccc8-9)cc7)cc64)c4ccccc4-5)cc3)cc2)cc1. The molecule has 21 aromatic rings. The molecular formula is C116H72N2S2. The number of fused-ring (bicyclic) bond motifs is 26. The Balaban J connectivity index is 0.613. The number of hydrogen-bond acceptors (Lipinski definition) is 4. The highest BCUT2D eigenvalue weighted by Crippen LogP contribution is 2.66. The predicted octanol–water partition coefficient (Wildman–Crippen LogP) is 32.1. The molecule has 4 aliphatic carbocycles. The predicted molar refractivity (Wildman–Crippen MR) is 507 cm³/mol. The zero-order valence-corrected chi connectivity index (χ0v) is 66.9. The van der Waals surface area contributed by atoms with Crippen molar-refractivity contribution in [2.24, 2.45) is 0 Å². The van der Waals surface area contributed by atoms with Crippen LogP contribution in [-0.4, -0.2) is 0 Å². The number of hydrogen-bond donors (Lipinski definition) is 0. The van der Waals surface area contributed by atoms with Crippen molar-refractivity contribution in [3.05, 3.63) is 481 Å². The molecular weight excluding hydrogens is 1490 g/mol. The molecule has 0 bridgehead atoms. The van der Waals surface area contributed by atoms with Gasteiger partial charge in [0.15, 0.2) is 0 Å². The van der Waals surface area contributed by atoms with Crippen LogP contribution in [0.3, 0.4) is 0 Å². The Bertz CT molecular complexity index is 7690. The van der Waals surface area contributed by atoms with E-state index >= 15 is 0 Å². The summed E-state index contributed by atoms with van der Waals surface area (Å²) in [5.41, 5.74) is 40.2. The molecule has 0 saturated heterocycles. The van der Waals surface area contributed by atoms with Crippen molar-refractivity contribution in [3.63, 3.8) is 0 Å². The van der Waals surface area contributed by atoms with Gasteiger partial charge in [-0.1, -0.05) is 352 Å². The van der Waals surface area contributed by atoms with E-state index in [2.05, 4.69) is 447 Å². The molecule has 25 rings (SSSR count). The third-order valence-electron chi connectivity index (χ3n) is 26.4. The summed E-state index contributed by atoms with van der Waals surface area (Å²) >= 11 is 3.76. The maximum Gasteiger partial charge on any atom is 0.0726 e. The van der Waals surface area contributed by atoms with Crippen LogP contribution in [0.4, 0.5) is 34.1 Å². The number of para-hydroxylation sites is 1. The highest BCUT2D eigenvalue weighted by atomic mass is 32.1. The van der Waals surface area contributed by atoms with Crippen LogP contribution >= 0.6 is 22.7 Å². The molecule has 4 heteroatoms. The van der Waals surface area contributed by atoms with Gasteiger partial charge in [-0.2, -0.15) is 0 Å². The quantitative estimate of drug-likeness (QED) is 0.120. The van der Waals surface area contributed by atoms with E-state index in [1.54, 1.807) is 0 Å². The van der Waals surface area contributed by atoms with E-state index in [4.69, 9.17) is 0 Å². The molecule has 1 unspecified atom stereocenters. The molecule has 2 spiro atoms. The van der Waals surface area contributed by atoms with Gasteiger partial charge in [-0.25, -0.2) is 0 Å². The largest absolute Gasteiger partial charge is 0.310 e. The monoisotopic (exact) mass is 1560 g/mol. The molecule has 558 valence electrons. The van der Waals surface area contributed by atoms with E-state index < -0.39 is 10.8 Å². The van der Waals surface area contributed by atoms with Gasteiger partial charge in [0.25, 0.3) is 0 Å². The van der Waals surface area contributed by atoms with Crippen LogP contribution in [0.5, 0.6) is 0 Å². The molecule has 0 N–H and O–H groups in total. The standard InChI is InChI=1S/C116H72N2S2/c1-2-22-73(23-3-1)74-44-46-75(47-45-74)76-52-59-82(60-53-76)117(83-61-54-79(55-62-83)88-32-20-34-100-98-30-10-18-42-111(98)119-113(88)100)85-65-68-97-94-29-8-16-40-106(94)116(109(97)71-85)105-39-15-7-27-92(105)95-67-58-81(70-107(95)116)77-48-50-78(51-49-77)87-24-9-17-41-110(87)118(84-63-56-80(57-64-84)89-33-21-35-101-99-31-11-19-43-112(99)120-114(89)101)86-66-69-96-93-28-6-14-38-104(93)115(108(96)72-86)102-36-12-4-25-90(102)91-26-5-13-37-103(91)115/h1-72H. The van der Waals surface area contributed by atoms with E-state index in [1.807, 2.05) is 22.7 Å². The van der Waals surface area contributed by atoms with Gasteiger partial charge in [-0.05, 0) is 235 Å². The second kappa shape index (κ2) is 26.9. The smallest absolute Gasteiger partial charge is 0.0726 e. The van der Waals surface area contributed by atoms with Gasteiger partial charge >= 0.3 is 0 Å². The summed E-state index contributed by atoms with van der Waals surface area (Å²) in [6.45, 7) is 0. The molecule has 2 aromatic heterocycles. The Morgan fingerprint density at radius 1 is 0.158 bits per heavy atom. The molecule has 0 aliphatic heterocycles. The van der Waals surface area contributed by atoms with Crippen LogP contribution in [0.15, 0.2) is 437 Å². The zero-order valence-electron chi connectivity index (χ0n) is 65.3. The van der Waals surface area contributed by atoms with Gasteiger partial charge in [-0.3, -0.25) is 0 Å². The molecule has 4 aliphatic rings. The van der Waals surface area contributed by atoms with Crippen molar-refractivity contribution in [1.82, 2.24) is 0 Å². The zero-order chi connectivity index (χ0) is 78.7. The van der Waals surface area contributed by atoms with Crippen LogP contribution in [0.2, 0.25) is 0 Å². The Morgan fingerprint density at radius 3 is 0.892 bits per heavy atom. The van der Waals surface area contributed by atoms with Crippen molar-refractivity contribution < 1.29 is 0 Å². The number of benzene rings is 19. The maximum absolute atomic E-state index is 2.53. The van der Waals surface area contributed by atoms with E-state index in [0.29, 0.717) is 0 Å². The lowest BCUT2D eigenvalue weighted by atomic mass is 9.70. The lowest BCUT2D eigenvalue weighted by Crippen LogP contribution is -2.26. The highest BCUT2D eigenvalue weighted by Gasteiger charge is 2.54. The van der Waals surface area contributed by atoms with Crippen LogP contribution < -0.4 is 9.80 Å². The van der Waals surface area contributed by atoms with Crippen LogP contribution in [0.1, 0.15) is 44.5 Å². The Kier molecular flexibility index (Phi) is 15.3. The first-order valence-electron chi connectivity index (χ1n) is 41.5. The van der Waals surface area contributed by atoms with Crippen LogP contribution in [-0.2, 0) is 10.8 Å². The molecule has 19 aromatic carbocycles. The van der Waals surface area contributed by atoms with Crippen LogP contribution in [0, 0.1) is 0 Å². The van der Waals surface area contributed by atoms with Gasteiger partial charge in [0, 0.05) is 74.3 Å². The fourth-order valence-electron chi connectivity index (χ4n) is 21.1. The topological polar surface area (TPSA) is 6.48 Å². The first kappa shape index (κ1) is 68.4. The third-order valence-corrected chi connectivity index (χ3v) is 28.8. The fraction of sp³-hybridized carbons (Fsp3) is 0.0172. The second-order valence-electron chi connectivity index (χ2n) is 32.4. The summed E-state index contributed by atoms with van der Waals surface area (Å²) < 4.78 is 5.23. The second-order valence-corrected chi connectivity index (χ2v) is 34.5. The maximum atomic E-state index is 2.53. The van der Waals surface area contributed by atoms with Crippen LogP contribution in [0.25, 0.3) is 152 Å². The molecule has 1 atom stereocenters. The van der Waals surface area contributed by atoms with E-state index in [-0.39, 0.29) is 0 Å². The molecule has 0 amide bonds. The van der Waals surface area contributed by atoms with Gasteiger partial charge in [-0.15, -0.1) is 22.7 Å². The van der Waals surface area contributed by atoms with Crippen molar-refractivity contribution in [2.75, 3.05) is 9.80 Å². The first-order chi connectivity index (χ1) is 59.5. The van der Waals surface area contributed by atoms with Gasteiger partial charge in [0.05, 0.1) is 16.5 Å². The van der Waals surface area contributed by atoms with Crippen molar-refractivity contribution in [3.8, 4) is 111 Å². The average molecular weight is 1560 g/mol. The van der Waals surface area contributed by atoms with Gasteiger partial charge in [0.1, 0.15) is 0 Å². The average Bonchev–Trinajstić information content (AvgIpc) is 1.51. The van der Waals surface area contributed by atoms with E-state index in [0.717, 1.165) is 50.8 Å². The summed E-state index contributed by atoms with van der Waals surface area (Å²) in [6, 6.07) is 165. The molecule has 2 heterocycles. The summed E-state index contributed by atoms with van der Waals surface area (Å²) in [5.74, 6) is 0. The van der Waals surface area contributed by atoms with E-state index in [1.165, 1.54) is 179 Å². The third kappa shape index (κ3) is 10.1. The molecule has 0 radical (unpaired) electrons. The number of anilines is 6. The van der Waals surface area contributed by atoms with Crippen molar-refractivity contribution in [2.45, 2.75) is 10.8 Å². The highest BCUT2D eigenvalue weighted by molar-refractivity contribution is 7.26. The molecule has 120 heavy (non-hydrogen) atoms. The number of thiophene rings is 2. The molecule has 0 saturated carbocycles. The summed E-state index contributed by atoms with van der Waals surface area (Å²) in [4.78, 5) is 4.99. The van der Waals surface area contributed by atoms with Crippen molar-refractivity contribution in [1.29, 1.82) is 0 Å². The summed E-state index contributed by atoms with van der Waals surface area (Å²) in [5, 5.41) is 5.21. The Morgan fingerprint density at radius 2 is 0.433 bits per heavy atom. The summed E-state index contributed by atoms with van der Waals surface area (Å²) in [7, 11) is 0. The first-order valence-corrected chi connectivity index (χ1v) is 43.1. The van der Waals surface area contributed by atoms with Gasteiger partial charge in [0.2, 0.25) is 0 Å². The minimum Gasteiger partial charge on any atom is -0.310 e. The van der Waals surface area contributed by atoms with E-state index in [9.17, 15) is 0 Å². The normalized spacial score (nSPS) is 13.9. The van der Waals surface area contributed by atoms with Gasteiger partial charge < -0.3 is 9.80 Å². The number of nitrogens with zero attached hydrogens (tertiary/aromatic N) is 2. The molecule has 0 fully saturated rings. The Labute approximate surface area is 705 Å². The Hall–Kier alpha value is -14.8. The number of rotatable bonds is 12. The minimum atomic E-state index is -0.644.